The highest BCUT2D eigenvalue weighted by molar-refractivity contribution is 6.30. The van der Waals surface area contributed by atoms with Crippen LogP contribution in [0.5, 0.6) is 17.2 Å². The van der Waals surface area contributed by atoms with Crippen molar-refractivity contribution in [3.05, 3.63) is 75.4 Å². The number of methoxy groups -OCH3 is 3. The van der Waals surface area contributed by atoms with Gasteiger partial charge < -0.3 is 19.5 Å². The fourth-order valence-corrected chi connectivity index (χ4v) is 3.91. The van der Waals surface area contributed by atoms with E-state index < -0.39 is 0 Å². The lowest BCUT2D eigenvalue weighted by atomic mass is 10.1. The molecule has 1 amide bonds. The summed E-state index contributed by atoms with van der Waals surface area (Å²) in [4.78, 5) is 30.0. The third-order valence-corrected chi connectivity index (χ3v) is 5.64. The largest absolute Gasteiger partial charge is 0.493 e. The van der Waals surface area contributed by atoms with Gasteiger partial charge in [-0.25, -0.2) is 9.67 Å². The van der Waals surface area contributed by atoms with Crippen LogP contribution in [0.4, 0.5) is 0 Å². The van der Waals surface area contributed by atoms with E-state index in [1.54, 1.807) is 28.9 Å². The van der Waals surface area contributed by atoms with Crippen LogP contribution in [0.2, 0.25) is 5.02 Å². The van der Waals surface area contributed by atoms with E-state index in [0.717, 1.165) is 5.56 Å². The predicted octanol–water partition coefficient (Wildman–Crippen LogP) is 2.75. The zero-order valence-corrected chi connectivity index (χ0v) is 20.2. The van der Waals surface area contributed by atoms with Crippen molar-refractivity contribution in [3.63, 3.8) is 0 Å². The maximum absolute atomic E-state index is 12.9. The first-order chi connectivity index (χ1) is 16.9. The molecule has 10 nitrogen and oxygen atoms in total. The van der Waals surface area contributed by atoms with E-state index in [-0.39, 0.29) is 18.0 Å². The van der Waals surface area contributed by atoms with Crippen molar-refractivity contribution in [1.82, 2.24) is 24.6 Å². The van der Waals surface area contributed by atoms with Gasteiger partial charge >= 0.3 is 0 Å². The highest BCUT2D eigenvalue weighted by Gasteiger charge is 2.17. The number of aromatic nitrogens is 4. The summed E-state index contributed by atoms with van der Waals surface area (Å²) in [6.07, 6.45) is 2.97. The number of hydrogen-bond acceptors (Lipinski definition) is 7. The molecule has 1 N–H and O–H groups in total. The number of nitrogens with zero attached hydrogens (tertiary/aromatic N) is 4. The highest BCUT2D eigenvalue weighted by atomic mass is 35.5. The van der Waals surface area contributed by atoms with E-state index in [4.69, 9.17) is 25.8 Å². The Kier molecular flexibility index (Phi) is 7.21. The average Bonchev–Trinajstić information content (AvgIpc) is 3.28. The van der Waals surface area contributed by atoms with Crippen LogP contribution >= 0.6 is 11.6 Å². The quantitative estimate of drug-likeness (QED) is 0.378. The molecule has 0 radical (unpaired) electrons. The average molecular weight is 498 g/mol. The van der Waals surface area contributed by atoms with Crippen LogP contribution in [0, 0.1) is 0 Å². The molecule has 2 aromatic carbocycles. The number of halogens is 1. The Bertz CT molecular complexity index is 1410. The van der Waals surface area contributed by atoms with E-state index in [1.165, 1.54) is 38.4 Å². The maximum Gasteiger partial charge on any atom is 0.264 e. The SMILES string of the molecule is COc1cc(C(=O)NCCn2ncc3c(=O)n(Cc4cccc(Cl)c4)cnc32)cc(OC)c1OC. The second-order valence-corrected chi connectivity index (χ2v) is 8.02. The predicted molar refractivity (Wildman–Crippen MR) is 131 cm³/mol. The van der Waals surface area contributed by atoms with Crippen molar-refractivity contribution in [3.8, 4) is 17.2 Å². The Hall–Kier alpha value is -4.05. The summed E-state index contributed by atoms with van der Waals surface area (Å²) >= 11 is 6.04. The number of fused-ring (bicyclic) bond motifs is 1. The van der Waals surface area contributed by atoms with Gasteiger partial charge in [0.1, 0.15) is 11.7 Å². The first kappa shape index (κ1) is 24.1. The van der Waals surface area contributed by atoms with Crippen LogP contribution in [0.1, 0.15) is 15.9 Å². The molecule has 4 aromatic rings. The van der Waals surface area contributed by atoms with Crippen molar-refractivity contribution in [2.45, 2.75) is 13.1 Å². The third kappa shape index (κ3) is 5.07. The molecular weight excluding hydrogens is 474 g/mol. The summed E-state index contributed by atoms with van der Waals surface area (Å²) in [6.45, 7) is 0.933. The summed E-state index contributed by atoms with van der Waals surface area (Å²) in [5, 5.41) is 8.10. The highest BCUT2D eigenvalue weighted by Crippen LogP contribution is 2.38. The summed E-state index contributed by atoms with van der Waals surface area (Å²) < 4.78 is 19.0. The lowest BCUT2D eigenvalue weighted by Crippen LogP contribution is -2.28. The molecule has 0 saturated carbocycles. The number of carbonyl (C=O) groups excluding carboxylic acids is 1. The molecule has 2 heterocycles. The molecule has 0 bridgehead atoms. The van der Waals surface area contributed by atoms with Crippen LogP contribution in [0.3, 0.4) is 0 Å². The van der Waals surface area contributed by atoms with Gasteiger partial charge in [-0.1, -0.05) is 23.7 Å². The van der Waals surface area contributed by atoms with Gasteiger partial charge in [0.05, 0.1) is 40.6 Å². The lowest BCUT2D eigenvalue weighted by Gasteiger charge is -2.14. The Labute approximate surface area is 206 Å². The number of benzene rings is 2. The van der Waals surface area contributed by atoms with Gasteiger partial charge in [0.2, 0.25) is 5.75 Å². The Morgan fingerprint density at radius 1 is 1.09 bits per heavy atom. The molecule has 0 spiro atoms. The van der Waals surface area contributed by atoms with Gasteiger partial charge in [-0.15, -0.1) is 0 Å². The number of nitrogens with one attached hydrogen (secondary N) is 1. The van der Waals surface area contributed by atoms with Crippen LogP contribution in [-0.2, 0) is 13.1 Å². The zero-order chi connectivity index (χ0) is 24.9. The molecule has 0 aliphatic heterocycles. The molecule has 0 fully saturated rings. The van der Waals surface area contributed by atoms with Crippen molar-refractivity contribution >= 4 is 28.5 Å². The smallest absolute Gasteiger partial charge is 0.264 e. The first-order valence-corrected chi connectivity index (χ1v) is 11.1. The van der Waals surface area contributed by atoms with Gasteiger partial charge in [-0.3, -0.25) is 14.2 Å². The fourth-order valence-electron chi connectivity index (χ4n) is 3.70. The van der Waals surface area contributed by atoms with Crippen molar-refractivity contribution in [2.75, 3.05) is 27.9 Å². The molecule has 4 rings (SSSR count). The van der Waals surface area contributed by atoms with Crippen LogP contribution in [-0.4, -0.2) is 53.1 Å². The van der Waals surface area contributed by atoms with Gasteiger partial charge in [-0.2, -0.15) is 5.10 Å². The van der Waals surface area contributed by atoms with Gasteiger partial charge in [0, 0.05) is 17.1 Å². The second kappa shape index (κ2) is 10.5. The molecular formula is C24H24ClN5O5. The first-order valence-electron chi connectivity index (χ1n) is 10.7. The summed E-state index contributed by atoms with van der Waals surface area (Å²) in [6, 6.07) is 10.5. The Morgan fingerprint density at radius 3 is 2.49 bits per heavy atom. The lowest BCUT2D eigenvalue weighted by molar-refractivity contribution is 0.0951. The van der Waals surface area contributed by atoms with Crippen LogP contribution in [0.15, 0.2) is 53.7 Å². The van der Waals surface area contributed by atoms with Crippen LogP contribution < -0.4 is 25.1 Å². The second-order valence-electron chi connectivity index (χ2n) is 7.58. The summed E-state index contributed by atoms with van der Waals surface area (Å²) in [7, 11) is 4.46. The van der Waals surface area contributed by atoms with Crippen molar-refractivity contribution < 1.29 is 19.0 Å². The monoisotopic (exact) mass is 497 g/mol. The summed E-state index contributed by atoms with van der Waals surface area (Å²) in [5.41, 5.74) is 1.48. The molecule has 11 heteroatoms. The van der Waals surface area contributed by atoms with E-state index in [9.17, 15) is 9.59 Å². The van der Waals surface area contributed by atoms with Gasteiger partial charge in [0.15, 0.2) is 17.1 Å². The molecule has 0 aliphatic carbocycles. The van der Waals surface area contributed by atoms with E-state index in [0.29, 0.717) is 52.0 Å². The summed E-state index contributed by atoms with van der Waals surface area (Å²) in [5.74, 6) is 0.848. The normalized spacial score (nSPS) is 10.9. The maximum atomic E-state index is 12.9. The number of hydrogen-bond donors (Lipinski definition) is 1. The standard InChI is InChI=1S/C24H24ClN5O5/c1-33-19-10-16(11-20(34-2)21(19)35-3)23(31)26-7-8-30-22-18(12-28-30)24(32)29(14-27-22)13-15-5-4-6-17(25)9-15/h4-6,9-12,14H,7-8,13H2,1-3H3,(H,26,31). The minimum atomic E-state index is -0.322. The molecule has 35 heavy (non-hydrogen) atoms. The Balaban J connectivity index is 1.46. The molecule has 0 aliphatic rings. The number of ether oxygens (including phenoxy) is 3. The number of rotatable bonds is 9. The third-order valence-electron chi connectivity index (χ3n) is 5.40. The molecule has 0 atom stereocenters. The minimum Gasteiger partial charge on any atom is -0.493 e. The van der Waals surface area contributed by atoms with E-state index >= 15 is 0 Å². The van der Waals surface area contributed by atoms with Crippen molar-refractivity contribution in [2.24, 2.45) is 0 Å². The molecule has 0 saturated heterocycles. The Morgan fingerprint density at radius 2 is 1.83 bits per heavy atom. The van der Waals surface area contributed by atoms with Gasteiger partial charge in [-0.05, 0) is 29.8 Å². The van der Waals surface area contributed by atoms with Crippen molar-refractivity contribution in [1.29, 1.82) is 0 Å². The topological polar surface area (TPSA) is 110 Å². The molecule has 2 aromatic heterocycles. The van der Waals surface area contributed by atoms with Crippen LogP contribution in [0.25, 0.3) is 11.0 Å². The van der Waals surface area contributed by atoms with E-state index in [2.05, 4.69) is 15.4 Å². The number of carbonyl (C=O) groups is 1. The van der Waals surface area contributed by atoms with E-state index in [1.807, 2.05) is 12.1 Å². The molecule has 182 valence electrons. The number of amides is 1. The fraction of sp³-hybridized carbons (Fsp3) is 0.250. The van der Waals surface area contributed by atoms with Gasteiger partial charge in [0.25, 0.3) is 11.5 Å². The minimum absolute atomic E-state index is 0.206. The molecule has 0 unspecified atom stereocenters. The zero-order valence-electron chi connectivity index (χ0n) is 19.4.